The second kappa shape index (κ2) is 7.44. The monoisotopic (exact) mass is 279 g/mol. The van der Waals surface area contributed by atoms with Gasteiger partial charge >= 0.3 is 0 Å². The summed E-state index contributed by atoms with van der Waals surface area (Å²) in [5.74, 6) is 1.36. The van der Waals surface area contributed by atoms with E-state index in [1.807, 2.05) is 24.1 Å². The average molecular weight is 279 g/mol. The number of rotatable bonds is 5. The first-order valence-corrected chi connectivity index (χ1v) is 6.14. The maximum absolute atomic E-state index is 8.55. The van der Waals surface area contributed by atoms with Crippen molar-refractivity contribution in [1.82, 2.24) is 4.90 Å². The molecule has 102 valence electrons. The molecular weight excluding hydrogens is 262 g/mol. The average Bonchev–Trinajstić information content (AvgIpc) is 2.44. The minimum Gasteiger partial charge on any atom is -0.497 e. The first-order valence-electron chi connectivity index (χ1n) is 5.73. The molecule has 19 heavy (non-hydrogen) atoms. The molecule has 0 unspecified atom stereocenters. The van der Waals surface area contributed by atoms with E-state index in [1.54, 1.807) is 20.3 Å². The maximum atomic E-state index is 8.55. The second-order valence-corrected chi connectivity index (χ2v) is 4.21. The molecule has 0 heterocycles. The highest BCUT2D eigenvalue weighted by Gasteiger charge is 2.09. The largest absolute Gasteiger partial charge is 0.497 e. The van der Waals surface area contributed by atoms with Gasteiger partial charge in [-0.15, -0.1) is 0 Å². The lowest BCUT2D eigenvalue weighted by molar-refractivity contribution is 0.395. The molecule has 0 saturated carbocycles. The van der Waals surface area contributed by atoms with Crippen LogP contribution >= 0.6 is 12.2 Å². The van der Waals surface area contributed by atoms with E-state index in [1.165, 1.54) is 0 Å². The molecule has 0 radical (unpaired) electrons. The highest BCUT2D eigenvalue weighted by atomic mass is 32.1. The molecule has 1 N–H and O–H groups in total. The van der Waals surface area contributed by atoms with Gasteiger partial charge in [0.05, 0.1) is 32.4 Å². The zero-order valence-electron chi connectivity index (χ0n) is 11.3. The van der Waals surface area contributed by atoms with Crippen molar-refractivity contribution < 1.29 is 9.47 Å². The van der Waals surface area contributed by atoms with Crippen LogP contribution in [-0.4, -0.2) is 37.8 Å². The molecule has 1 rings (SSSR count). The summed E-state index contributed by atoms with van der Waals surface area (Å²) < 4.78 is 10.4. The summed E-state index contributed by atoms with van der Waals surface area (Å²) in [7, 11) is 5.02. The van der Waals surface area contributed by atoms with E-state index in [2.05, 4.69) is 11.4 Å². The molecule has 1 aromatic carbocycles. The minimum absolute atomic E-state index is 0.429. The topological polar surface area (TPSA) is 57.5 Å². The van der Waals surface area contributed by atoms with Crippen LogP contribution in [0.4, 0.5) is 5.69 Å². The molecule has 0 aromatic heterocycles. The van der Waals surface area contributed by atoms with Crippen LogP contribution in [0.5, 0.6) is 11.5 Å². The summed E-state index contributed by atoms with van der Waals surface area (Å²) in [5.41, 5.74) is 0.761. The number of nitriles is 1. The van der Waals surface area contributed by atoms with Gasteiger partial charge in [-0.1, -0.05) is 0 Å². The van der Waals surface area contributed by atoms with Crippen molar-refractivity contribution in [2.75, 3.05) is 33.1 Å². The van der Waals surface area contributed by atoms with Crippen molar-refractivity contribution >= 4 is 23.0 Å². The van der Waals surface area contributed by atoms with Gasteiger partial charge in [0, 0.05) is 19.7 Å². The number of nitrogens with one attached hydrogen (secondary N) is 1. The minimum atomic E-state index is 0.429. The summed E-state index contributed by atoms with van der Waals surface area (Å²) >= 11 is 5.26. The Morgan fingerprint density at radius 1 is 1.42 bits per heavy atom. The summed E-state index contributed by atoms with van der Waals surface area (Å²) in [6.45, 7) is 0.584. The quantitative estimate of drug-likeness (QED) is 0.834. The molecule has 0 bridgehead atoms. The van der Waals surface area contributed by atoms with E-state index in [0.29, 0.717) is 29.6 Å². The van der Waals surface area contributed by atoms with Crippen LogP contribution in [0, 0.1) is 11.3 Å². The van der Waals surface area contributed by atoms with Gasteiger partial charge in [-0.25, -0.2) is 0 Å². The van der Waals surface area contributed by atoms with Crippen molar-refractivity contribution in [3.05, 3.63) is 18.2 Å². The second-order valence-electron chi connectivity index (χ2n) is 3.83. The zero-order valence-corrected chi connectivity index (χ0v) is 12.1. The standard InChI is InChI=1S/C13H17N3O2S/c1-16(8-4-7-14)13(19)15-11-6-5-10(17-2)9-12(11)18-3/h5-6,9H,4,8H2,1-3H3,(H,15,19). The van der Waals surface area contributed by atoms with Crippen LogP contribution in [0.3, 0.4) is 0 Å². The van der Waals surface area contributed by atoms with E-state index in [-0.39, 0.29) is 0 Å². The van der Waals surface area contributed by atoms with Crippen molar-refractivity contribution in [2.45, 2.75) is 6.42 Å². The smallest absolute Gasteiger partial charge is 0.173 e. The van der Waals surface area contributed by atoms with Gasteiger partial charge in [-0.3, -0.25) is 0 Å². The number of hydrogen-bond donors (Lipinski definition) is 1. The number of benzene rings is 1. The van der Waals surface area contributed by atoms with Crippen molar-refractivity contribution in [2.24, 2.45) is 0 Å². The normalized spacial score (nSPS) is 9.37. The third-order valence-electron chi connectivity index (χ3n) is 2.56. The summed E-state index contributed by atoms with van der Waals surface area (Å²) in [6, 6.07) is 7.52. The van der Waals surface area contributed by atoms with E-state index in [0.717, 1.165) is 5.69 Å². The molecule has 0 fully saturated rings. The first kappa shape index (κ1) is 15.1. The Balaban J connectivity index is 2.76. The van der Waals surface area contributed by atoms with E-state index in [9.17, 15) is 0 Å². The molecule has 1 aromatic rings. The fraction of sp³-hybridized carbons (Fsp3) is 0.385. The zero-order chi connectivity index (χ0) is 14.3. The summed E-state index contributed by atoms with van der Waals surface area (Å²) in [5, 5.41) is 12.2. The van der Waals surface area contributed by atoms with Crippen LogP contribution in [0.25, 0.3) is 0 Å². The number of nitrogens with zero attached hydrogens (tertiary/aromatic N) is 2. The lowest BCUT2D eigenvalue weighted by Gasteiger charge is -2.21. The molecule has 0 amide bonds. The van der Waals surface area contributed by atoms with Crippen LogP contribution in [0.15, 0.2) is 18.2 Å². The molecule has 6 heteroatoms. The van der Waals surface area contributed by atoms with Gasteiger partial charge in [0.2, 0.25) is 0 Å². The molecule has 5 nitrogen and oxygen atoms in total. The van der Waals surface area contributed by atoms with Crippen molar-refractivity contribution in [3.63, 3.8) is 0 Å². The molecule has 0 aliphatic carbocycles. The molecule has 0 saturated heterocycles. The van der Waals surface area contributed by atoms with Gasteiger partial charge in [0.25, 0.3) is 0 Å². The number of methoxy groups -OCH3 is 2. The van der Waals surface area contributed by atoms with Crippen molar-refractivity contribution in [3.8, 4) is 17.6 Å². The highest BCUT2D eigenvalue weighted by Crippen LogP contribution is 2.29. The number of hydrogen-bond acceptors (Lipinski definition) is 4. The fourth-order valence-corrected chi connectivity index (χ4v) is 1.63. The van der Waals surface area contributed by atoms with Gasteiger partial charge in [0.15, 0.2) is 5.11 Å². The van der Waals surface area contributed by atoms with Crippen LogP contribution in [-0.2, 0) is 0 Å². The molecule has 0 aliphatic rings. The summed E-state index contributed by atoms with van der Waals surface area (Å²) in [6.07, 6.45) is 0.429. The Morgan fingerprint density at radius 2 is 2.16 bits per heavy atom. The van der Waals surface area contributed by atoms with E-state index < -0.39 is 0 Å². The third kappa shape index (κ3) is 4.30. The highest BCUT2D eigenvalue weighted by molar-refractivity contribution is 7.80. The predicted molar refractivity (Wildman–Crippen MR) is 78.6 cm³/mol. The lowest BCUT2D eigenvalue weighted by atomic mass is 10.2. The van der Waals surface area contributed by atoms with Gasteiger partial charge in [0.1, 0.15) is 11.5 Å². The molecule has 0 spiro atoms. The molecular formula is C13H17N3O2S. The Labute approximate surface area is 118 Å². The lowest BCUT2D eigenvalue weighted by Crippen LogP contribution is -2.31. The number of thiocarbonyl (C=S) groups is 1. The number of anilines is 1. The fourth-order valence-electron chi connectivity index (χ4n) is 1.43. The van der Waals surface area contributed by atoms with Crippen LogP contribution < -0.4 is 14.8 Å². The number of ether oxygens (including phenoxy) is 2. The predicted octanol–water partition coefficient (Wildman–Crippen LogP) is 2.25. The Morgan fingerprint density at radius 3 is 2.74 bits per heavy atom. The van der Waals surface area contributed by atoms with Crippen molar-refractivity contribution in [1.29, 1.82) is 5.26 Å². The van der Waals surface area contributed by atoms with Gasteiger partial charge in [-0.2, -0.15) is 5.26 Å². The maximum Gasteiger partial charge on any atom is 0.173 e. The Bertz CT molecular complexity index is 485. The SMILES string of the molecule is COc1ccc(NC(=S)N(C)CCC#N)c(OC)c1. The summed E-state index contributed by atoms with van der Waals surface area (Å²) in [4.78, 5) is 1.81. The third-order valence-corrected chi connectivity index (χ3v) is 2.97. The van der Waals surface area contributed by atoms with Gasteiger partial charge < -0.3 is 19.7 Å². The molecule has 0 aliphatic heterocycles. The Kier molecular flexibility index (Phi) is 5.90. The van der Waals surface area contributed by atoms with E-state index in [4.69, 9.17) is 27.0 Å². The molecule has 0 atom stereocenters. The first-order chi connectivity index (χ1) is 9.12. The van der Waals surface area contributed by atoms with Crippen LogP contribution in [0.2, 0.25) is 0 Å². The van der Waals surface area contributed by atoms with Crippen LogP contribution in [0.1, 0.15) is 6.42 Å². The Hall–Kier alpha value is -2.00. The van der Waals surface area contributed by atoms with E-state index >= 15 is 0 Å². The van der Waals surface area contributed by atoms with Gasteiger partial charge in [-0.05, 0) is 24.4 Å².